The van der Waals surface area contributed by atoms with E-state index in [-0.39, 0.29) is 45.8 Å². The number of Topliss-reactive ketones (excluding diaryl/α,β-unsaturated/α-hetero) is 1. The van der Waals surface area contributed by atoms with Crippen LogP contribution in [-0.4, -0.2) is 55.8 Å². The molecule has 0 saturated carbocycles. The van der Waals surface area contributed by atoms with Gasteiger partial charge in [-0.05, 0) is 83.3 Å². The van der Waals surface area contributed by atoms with Gasteiger partial charge in [0.2, 0.25) is 0 Å². The number of methoxy groups -OCH3 is 1. The van der Waals surface area contributed by atoms with E-state index in [1.807, 2.05) is 60.1 Å². The third-order valence-electron chi connectivity index (χ3n) is 10.4. The summed E-state index contributed by atoms with van der Waals surface area (Å²) in [5, 5.41) is 14.1. The van der Waals surface area contributed by atoms with Gasteiger partial charge in [0.1, 0.15) is 5.58 Å². The maximum Gasteiger partial charge on any atom is 0.337 e. The summed E-state index contributed by atoms with van der Waals surface area (Å²) in [5.74, 6) is -1.89. The van der Waals surface area contributed by atoms with Gasteiger partial charge in [0.15, 0.2) is 17.0 Å². The smallest absolute Gasteiger partial charge is 0.337 e. The van der Waals surface area contributed by atoms with Gasteiger partial charge in [0.25, 0.3) is 5.91 Å². The number of benzene rings is 5. The van der Waals surface area contributed by atoms with Gasteiger partial charge >= 0.3 is 5.97 Å². The zero-order chi connectivity index (χ0) is 40.3. The molecule has 0 aliphatic rings. The fourth-order valence-corrected chi connectivity index (χ4v) is 7.28. The quantitative estimate of drug-likeness (QED) is 0.0946. The molecule has 3 aromatic heterocycles. The molecule has 0 atom stereocenters. The van der Waals surface area contributed by atoms with E-state index in [2.05, 4.69) is 56.8 Å². The van der Waals surface area contributed by atoms with Gasteiger partial charge in [0.05, 0.1) is 47.2 Å². The van der Waals surface area contributed by atoms with E-state index in [1.54, 1.807) is 24.3 Å². The van der Waals surface area contributed by atoms with Crippen LogP contribution in [0.2, 0.25) is 0 Å². The second-order valence-electron chi connectivity index (χ2n) is 14.4. The van der Waals surface area contributed by atoms with Crippen LogP contribution in [-0.2, 0) is 44.8 Å². The van der Waals surface area contributed by atoms with Crippen LogP contribution in [0.1, 0.15) is 53.5 Å². The summed E-state index contributed by atoms with van der Waals surface area (Å²) in [4.78, 5) is 54.7. The minimum atomic E-state index is -0.743. The number of amides is 1. The van der Waals surface area contributed by atoms with E-state index in [0.29, 0.717) is 5.39 Å². The number of ether oxygens (including phenoxy) is 1. The molecule has 12 heteroatoms. The van der Waals surface area contributed by atoms with E-state index in [0.717, 1.165) is 65.1 Å². The molecular formula is C46H40N6O6. The summed E-state index contributed by atoms with van der Waals surface area (Å²) in [6, 6.07) is 33.0. The second kappa shape index (κ2) is 16.1. The van der Waals surface area contributed by atoms with Crippen molar-refractivity contribution >= 4 is 56.1 Å². The minimum absolute atomic E-state index is 0.0472. The molecular weight excluding hydrogens is 733 g/mol. The maximum absolute atomic E-state index is 13.8. The highest BCUT2D eigenvalue weighted by Crippen LogP contribution is 2.24. The van der Waals surface area contributed by atoms with E-state index in [9.17, 15) is 19.2 Å². The van der Waals surface area contributed by atoms with Crippen molar-refractivity contribution in [1.82, 2.24) is 24.5 Å². The van der Waals surface area contributed by atoms with Crippen molar-refractivity contribution in [3.8, 4) is 0 Å². The molecule has 0 bridgehead atoms. The average molecular weight is 773 g/mol. The third kappa shape index (κ3) is 8.04. The van der Waals surface area contributed by atoms with Crippen LogP contribution in [0, 0.1) is 0 Å². The minimum Gasteiger partial charge on any atom is -0.465 e. The number of anilines is 1. The number of esters is 1. The Bertz CT molecular complexity index is 2830. The molecule has 0 saturated heterocycles. The van der Waals surface area contributed by atoms with Crippen molar-refractivity contribution in [3.05, 3.63) is 171 Å². The number of ketones is 1. The Morgan fingerprint density at radius 1 is 0.741 bits per heavy atom. The molecule has 12 nitrogen and oxygen atoms in total. The Balaban J connectivity index is 0.976. The summed E-state index contributed by atoms with van der Waals surface area (Å²) < 4.78 is 14.3. The number of rotatable bonds is 13. The van der Waals surface area contributed by atoms with Crippen molar-refractivity contribution in [2.45, 2.75) is 25.9 Å². The van der Waals surface area contributed by atoms with Gasteiger partial charge in [-0.1, -0.05) is 48.5 Å². The van der Waals surface area contributed by atoms with Crippen LogP contribution in [0.3, 0.4) is 0 Å². The van der Waals surface area contributed by atoms with E-state index < -0.39 is 11.9 Å². The van der Waals surface area contributed by atoms with Gasteiger partial charge in [-0.2, -0.15) is 10.2 Å². The van der Waals surface area contributed by atoms with Gasteiger partial charge in [-0.15, -0.1) is 0 Å². The number of aryl methyl sites for hydroxylation is 2. The van der Waals surface area contributed by atoms with Crippen LogP contribution in [0.4, 0.5) is 5.69 Å². The fraction of sp³-hybridized carbons (Fsp3) is 0.174. The molecule has 0 radical (unpaired) electrons. The van der Waals surface area contributed by atoms with Gasteiger partial charge in [-0.25, -0.2) is 4.79 Å². The second-order valence-corrected chi connectivity index (χ2v) is 14.4. The predicted octanol–water partition coefficient (Wildman–Crippen LogP) is 7.28. The molecule has 290 valence electrons. The SMILES string of the molecule is COC(=O)c1ccc(C(=O)Cc2ccc(CCN(Cc3ccc4c(cnn4C)c3)Cc3ccc4c(cnn4C)c3)cc2)c(NC(=O)c2cc(=O)c3ccccc3o2)c1. The first-order chi connectivity index (χ1) is 28.1. The van der Waals surface area contributed by atoms with Crippen molar-refractivity contribution < 1.29 is 23.5 Å². The Morgan fingerprint density at radius 2 is 1.36 bits per heavy atom. The third-order valence-corrected chi connectivity index (χ3v) is 10.4. The normalized spacial score (nSPS) is 11.4. The summed E-state index contributed by atoms with van der Waals surface area (Å²) in [5.41, 5.74) is 6.79. The summed E-state index contributed by atoms with van der Waals surface area (Å²) in [6.07, 6.45) is 4.62. The van der Waals surface area contributed by atoms with Crippen molar-refractivity contribution in [1.29, 1.82) is 0 Å². The van der Waals surface area contributed by atoms with Crippen LogP contribution in [0.5, 0.6) is 0 Å². The number of hydrogen-bond donors (Lipinski definition) is 1. The number of hydrogen-bond acceptors (Lipinski definition) is 9. The molecule has 58 heavy (non-hydrogen) atoms. The average Bonchev–Trinajstić information content (AvgIpc) is 3.80. The Kier molecular flexibility index (Phi) is 10.5. The monoisotopic (exact) mass is 772 g/mol. The fourth-order valence-electron chi connectivity index (χ4n) is 7.28. The molecule has 1 N–H and O–H groups in total. The lowest BCUT2D eigenvalue weighted by Crippen LogP contribution is -2.25. The topological polar surface area (TPSA) is 142 Å². The Labute approximate surface area is 333 Å². The number of para-hydroxylation sites is 1. The Morgan fingerprint density at radius 3 is 2.02 bits per heavy atom. The maximum atomic E-state index is 13.8. The largest absolute Gasteiger partial charge is 0.465 e. The van der Waals surface area contributed by atoms with Crippen molar-refractivity contribution in [2.24, 2.45) is 14.1 Å². The van der Waals surface area contributed by atoms with E-state index >= 15 is 0 Å². The lowest BCUT2D eigenvalue weighted by atomic mass is 9.98. The lowest BCUT2D eigenvalue weighted by molar-refractivity contribution is 0.0600. The number of carbonyl (C=O) groups excluding carboxylic acids is 3. The lowest BCUT2D eigenvalue weighted by Gasteiger charge is -2.23. The zero-order valence-corrected chi connectivity index (χ0v) is 32.3. The molecule has 0 unspecified atom stereocenters. The molecule has 8 aromatic rings. The van der Waals surface area contributed by atoms with Gasteiger partial charge in [0, 0.05) is 62.6 Å². The highest BCUT2D eigenvalue weighted by molar-refractivity contribution is 6.10. The number of carbonyl (C=O) groups is 3. The molecule has 3 heterocycles. The zero-order valence-electron chi connectivity index (χ0n) is 32.3. The van der Waals surface area contributed by atoms with Crippen LogP contribution in [0.25, 0.3) is 32.8 Å². The first-order valence-corrected chi connectivity index (χ1v) is 18.8. The summed E-state index contributed by atoms with van der Waals surface area (Å²) in [7, 11) is 5.14. The Hall–Kier alpha value is -7.18. The number of nitrogens with one attached hydrogen (secondary N) is 1. The number of aromatic nitrogens is 4. The molecule has 0 spiro atoms. The van der Waals surface area contributed by atoms with Crippen molar-refractivity contribution in [3.63, 3.8) is 0 Å². The van der Waals surface area contributed by atoms with Crippen LogP contribution < -0.4 is 10.7 Å². The van der Waals surface area contributed by atoms with Gasteiger partial charge < -0.3 is 14.5 Å². The first kappa shape index (κ1) is 37.7. The highest BCUT2D eigenvalue weighted by Gasteiger charge is 2.20. The van der Waals surface area contributed by atoms with Crippen LogP contribution in [0.15, 0.2) is 131 Å². The molecule has 1 amide bonds. The summed E-state index contributed by atoms with van der Waals surface area (Å²) >= 11 is 0. The number of nitrogens with zero attached hydrogens (tertiary/aromatic N) is 5. The standard InChI is InChI=1S/C46H40N6O6/c1-50-39-16-12-31(20-34(39)25-47-50)27-52(28-32-13-17-40-35(21-32)26-48-51(40)2)19-18-29-8-10-30(11-9-29)22-41(53)36-15-14-33(46(56)57-3)23-38(36)49-45(55)44-24-42(54)37-6-4-5-7-43(37)58-44/h4-17,20-21,23-26H,18-19,22,27-28H2,1-3H3,(H,49,55). The molecule has 0 aliphatic heterocycles. The predicted molar refractivity (Wildman–Crippen MR) is 222 cm³/mol. The van der Waals surface area contributed by atoms with E-state index in [1.165, 1.54) is 36.4 Å². The molecule has 0 aliphatic carbocycles. The van der Waals surface area contributed by atoms with E-state index in [4.69, 9.17) is 9.15 Å². The summed E-state index contributed by atoms with van der Waals surface area (Å²) in [6.45, 7) is 2.30. The molecule has 0 fully saturated rings. The van der Waals surface area contributed by atoms with Crippen molar-refractivity contribution in [2.75, 3.05) is 19.0 Å². The van der Waals surface area contributed by atoms with Crippen LogP contribution >= 0.6 is 0 Å². The molecule has 8 rings (SSSR count). The highest BCUT2D eigenvalue weighted by atomic mass is 16.5. The van der Waals surface area contributed by atoms with Gasteiger partial charge in [-0.3, -0.25) is 28.6 Å². The number of fused-ring (bicyclic) bond motifs is 3. The first-order valence-electron chi connectivity index (χ1n) is 18.8. The molecule has 5 aromatic carbocycles.